The van der Waals surface area contributed by atoms with Gasteiger partial charge in [0.2, 0.25) is 5.56 Å². The van der Waals surface area contributed by atoms with Crippen molar-refractivity contribution in [2.45, 2.75) is 13.0 Å². The van der Waals surface area contributed by atoms with E-state index in [0.29, 0.717) is 24.3 Å². The number of rotatable bonds is 3. The molecule has 1 amide bonds. The molecule has 0 unspecified atom stereocenters. The van der Waals surface area contributed by atoms with Gasteiger partial charge in [0.1, 0.15) is 0 Å². The van der Waals surface area contributed by atoms with Gasteiger partial charge in [-0.25, -0.2) is 0 Å². The molecule has 5 rings (SSSR count). The maximum atomic E-state index is 13.3. The predicted molar refractivity (Wildman–Crippen MR) is 115 cm³/mol. The van der Waals surface area contributed by atoms with E-state index in [2.05, 4.69) is 15.2 Å². The summed E-state index contributed by atoms with van der Waals surface area (Å²) in [5.41, 5.74) is 6.05. The normalized spacial score (nSPS) is 13.1. The van der Waals surface area contributed by atoms with Crippen molar-refractivity contribution in [3.05, 3.63) is 100.0 Å². The standard InChI is InChI=1S/C24H20N4O2/c29-22-11-5-10-20(25-22)17-8-4-9-18(14-17)24(30)28-13-12-21-19(15-28)23(27-26-21)16-6-2-1-3-7-16/h1-11,14H,12-13,15H2,(H,25,29)(H,26,27). The Balaban J connectivity index is 1.43. The second-order valence-electron chi connectivity index (χ2n) is 7.38. The zero-order valence-corrected chi connectivity index (χ0v) is 16.3. The molecule has 0 bridgehead atoms. The highest BCUT2D eigenvalue weighted by atomic mass is 16.2. The number of H-pyrrole nitrogens is 2. The van der Waals surface area contributed by atoms with Crippen LogP contribution in [-0.2, 0) is 13.0 Å². The quantitative estimate of drug-likeness (QED) is 0.555. The number of pyridine rings is 1. The van der Waals surface area contributed by atoms with E-state index in [4.69, 9.17) is 0 Å². The van der Waals surface area contributed by atoms with Gasteiger partial charge in [-0.15, -0.1) is 0 Å². The number of nitrogens with zero attached hydrogens (tertiary/aromatic N) is 2. The van der Waals surface area contributed by atoms with Crippen LogP contribution in [0.25, 0.3) is 22.5 Å². The van der Waals surface area contributed by atoms with Crippen molar-refractivity contribution in [2.24, 2.45) is 0 Å². The van der Waals surface area contributed by atoms with Gasteiger partial charge in [0.15, 0.2) is 0 Å². The lowest BCUT2D eigenvalue weighted by atomic mass is 10.00. The fourth-order valence-corrected chi connectivity index (χ4v) is 3.92. The molecule has 0 atom stereocenters. The third-order valence-electron chi connectivity index (χ3n) is 5.46. The Hall–Kier alpha value is -3.93. The molecule has 3 heterocycles. The summed E-state index contributed by atoms with van der Waals surface area (Å²) in [7, 11) is 0. The lowest BCUT2D eigenvalue weighted by Gasteiger charge is -2.27. The van der Waals surface area contributed by atoms with Crippen molar-refractivity contribution >= 4 is 5.91 Å². The first kappa shape index (κ1) is 18.1. The van der Waals surface area contributed by atoms with Gasteiger partial charge in [0.05, 0.1) is 5.69 Å². The molecule has 0 fully saturated rings. The van der Waals surface area contributed by atoms with Gasteiger partial charge in [-0.1, -0.05) is 48.5 Å². The van der Waals surface area contributed by atoms with Gasteiger partial charge in [-0.3, -0.25) is 14.7 Å². The molecule has 2 aromatic carbocycles. The van der Waals surface area contributed by atoms with E-state index >= 15 is 0 Å². The third-order valence-corrected chi connectivity index (χ3v) is 5.46. The molecular formula is C24H20N4O2. The van der Waals surface area contributed by atoms with E-state index in [9.17, 15) is 9.59 Å². The highest BCUT2D eigenvalue weighted by molar-refractivity contribution is 5.95. The van der Waals surface area contributed by atoms with Gasteiger partial charge in [-0.2, -0.15) is 5.10 Å². The average molecular weight is 396 g/mol. The summed E-state index contributed by atoms with van der Waals surface area (Å²) in [4.78, 5) is 29.6. The summed E-state index contributed by atoms with van der Waals surface area (Å²) >= 11 is 0. The van der Waals surface area contributed by atoms with Crippen molar-refractivity contribution < 1.29 is 4.79 Å². The topological polar surface area (TPSA) is 81.9 Å². The fourth-order valence-electron chi connectivity index (χ4n) is 3.92. The molecule has 6 nitrogen and oxygen atoms in total. The molecule has 0 aliphatic carbocycles. The number of carbonyl (C=O) groups excluding carboxylic acids is 1. The molecule has 30 heavy (non-hydrogen) atoms. The first-order valence-corrected chi connectivity index (χ1v) is 9.89. The highest BCUT2D eigenvalue weighted by Crippen LogP contribution is 2.29. The van der Waals surface area contributed by atoms with E-state index < -0.39 is 0 Å². The number of hydrogen-bond donors (Lipinski definition) is 2. The van der Waals surface area contributed by atoms with Crippen LogP contribution < -0.4 is 5.56 Å². The first-order chi connectivity index (χ1) is 14.7. The monoisotopic (exact) mass is 396 g/mol. The smallest absolute Gasteiger partial charge is 0.254 e. The number of nitrogens with one attached hydrogen (secondary N) is 2. The van der Waals surface area contributed by atoms with Gasteiger partial charge in [-0.05, 0) is 23.8 Å². The number of benzene rings is 2. The SMILES string of the molecule is O=C(c1cccc(-c2cccc(=O)[nH]2)c1)N1CCc2[nH]nc(-c3ccccc3)c2C1. The summed E-state index contributed by atoms with van der Waals surface area (Å²) in [6.07, 6.45) is 0.743. The van der Waals surface area contributed by atoms with E-state index in [1.807, 2.05) is 65.6 Å². The summed E-state index contributed by atoms with van der Waals surface area (Å²) in [6.45, 7) is 1.15. The Morgan fingerprint density at radius 3 is 2.57 bits per heavy atom. The molecule has 0 radical (unpaired) electrons. The third kappa shape index (κ3) is 3.33. The van der Waals surface area contributed by atoms with Crippen molar-refractivity contribution in [2.75, 3.05) is 6.54 Å². The molecule has 1 aliphatic heterocycles. The predicted octanol–water partition coefficient (Wildman–Crippen LogP) is 3.63. The largest absolute Gasteiger partial charge is 0.334 e. The fraction of sp³-hybridized carbons (Fsp3) is 0.125. The Morgan fingerprint density at radius 1 is 0.933 bits per heavy atom. The second kappa shape index (κ2) is 7.48. The minimum atomic E-state index is -0.166. The maximum absolute atomic E-state index is 13.3. The number of aromatic nitrogens is 3. The molecule has 0 spiro atoms. The minimum Gasteiger partial charge on any atom is -0.334 e. The molecular weight excluding hydrogens is 376 g/mol. The molecule has 0 saturated carbocycles. The lowest BCUT2D eigenvalue weighted by molar-refractivity contribution is 0.0734. The van der Waals surface area contributed by atoms with E-state index in [0.717, 1.165) is 34.5 Å². The zero-order chi connectivity index (χ0) is 20.5. The Kier molecular flexibility index (Phi) is 4.52. The van der Waals surface area contributed by atoms with Crippen LogP contribution in [0.1, 0.15) is 21.6 Å². The van der Waals surface area contributed by atoms with Crippen LogP contribution in [0.5, 0.6) is 0 Å². The lowest BCUT2D eigenvalue weighted by Crippen LogP contribution is -2.35. The van der Waals surface area contributed by atoms with Crippen molar-refractivity contribution in [1.82, 2.24) is 20.1 Å². The second-order valence-corrected chi connectivity index (χ2v) is 7.38. The molecule has 4 aromatic rings. The van der Waals surface area contributed by atoms with E-state index in [1.54, 1.807) is 6.07 Å². The number of fused-ring (bicyclic) bond motifs is 1. The van der Waals surface area contributed by atoms with Crippen LogP contribution in [0, 0.1) is 0 Å². The number of hydrogen-bond acceptors (Lipinski definition) is 3. The highest BCUT2D eigenvalue weighted by Gasteiger charge is 2.26. The Labute approximate surface area is 173 Å². The summed E-state index contributed by atoms with van der Waals surface area (Å²) in [5, 5.41) is 7.64. The molecule has 1 aliphatic rings. The Morgan fingerprint density at radius 2 is 1.73 bits per heavy atom. The van der Waals surface area contributed by atoms with Gasteiger partial charge < -0.3 is 9.88 Å². The van der Waals surface area contributed by atoms with Crippen LogP contribution in [-0.4, -0.2) is 32.5 Å². The van der Waals surface area contributed by atoms with Crippen molar-refractivity contribution in [3.63, 3.8) is 0 Å². The molecule has 148 valence electrons. The van der Waals surface area contributed by atoms with Crippen molar-refractivity contribution in [3.8, 4) is 22.5 Å². The van der Waals surface area contributed by atoms with Crippen LogP contribution in [0.2, 0.25) is 0 Å². The van der Waals surface area contributed by atoms with Crippen molar-refractivity contribution in [1.29, 1.82) is 0 Å². The molecule has 6 heteroatoms. The zero-order valence-electron chi connectivity index (χ0n) is 16.3. The summed E-state index contributed by atoms with van der Waals surface area (Å²) < 4.78 is 0. The first-order valence-electron chi connectivity index (χ1n) is 9.89. The average Bonchev–Trinajstić information content (AvgIpc) is 3.22. The number of amides is 1. The number of aromatic amines is 2. The molecule has 2 aromatic heterocycles. The van der Waals surface area contributed by atoms with Crippen LogP contribution >= 0.6 is 0 Å². The molecule has 2 N–H and O–H groups in total. The number of carbonyl (C=O) groups is 1. The summed E-state index contributed by atoms with van der Waals surface area (Å²) in [5.74, 6) is -0.0269. The minimum absolute atomic E-state index is 0.0269. The van der Waals surface area contributed by atoms with Crippen LogP contribution in [0.4, 0.5) is 0 Å². The molecule has 0 saturated heterocycles. The van der Waals surface area contributed by atoms with Crippen LogP contribution in [0.15, 0.2) is 77.6 Å². The van der Waals surface area contributed by atoms with Gasteiger partial charge in [0, 0.05) is 53.7 Å². The van der Waals surface area contributed by atoms with E-state index in [1.165, 1.54) is 6.07 Å². The van der Waals surface area contributed by atoms with Crippen LogP contribution in [0.3, 0.4) is 0 Å². The van der Waals surface area contributed by atoms with Gasteiger partial charge in [0.25, 0.3) is 5.91 Å². The summed E-state index contributed by atoms with van der Waals surface area (Å²) in [6, 6.07) is 22.4. The van der Waals surface area contributed by atoms with Gasteiger partial charge >= 0.3 is 0 Å². The maximum Gasteiger partial charge on any atom is 0.254 e. The Bertz CT molecular complexity index is 1270. The van der Waals surface area contributed by atoms with E-state index in [-0.39, 0.29) is 11.5 Å².